The minimum atomic E-state index is -0.770. The molecule has 0 fully saturated rings. The van der Waals surface area contributed by atoms with Gasteiger partial charge in [0, 0.05) is 18.7 Å². The second-order valence-corrected chi connectivity index (χ2v) is 3.54. The molecule has 0 radical (unpaired) electrons. The quantitative estimate of drug-likeness (QED) is 0.447. The lowest BCUT2D eigenvalue weighted by atomic mass is 10.1. The van der Waals surface area contributed by atoms with E-state index in [-0.39, 0.29) is 24.3 Å². The Hall–Kier alpha value is -1.82. The van der Waals surface area contributed by atoms with Crippen molar-refractivity contribution in [2.24, 2.45) is 0 Å². The maximum atomic E-state index is 12.9. The van der Waals surface area contributed by atoms with E-state index in [9.17, 15) is 18.9 Å². The van der Waals surface area contributed by atoms with Crippen molar-refractivity contribution in [2.75, 3.05) is 13.2 Å². The average molecular weight is 257 g/mol. The van der Waals surface area contributed by atoms with E-state index in [1.54, 1.807) is 6.92 Å². The number of nitro groups is 1. The van der Waals surface area contributed by atoms with Crippen LogP contribution in [0.3, 0.4) is 0 Å². The number of halogens is 2. The van der Waals surface area contributed by atoms with Gasteiger partial charge in [0.05, 0.1) is 18.0 Å². The van der Waals surface area contributed by atoms with Gasteiger partial charge in [0.2, 0.25) is 5.70 Å². The molecule has 0 unspecified atom stereocenters. The molecule has 0 aliphatic carbocycles. The largest absolute Gasteiger partial charge is 0.381 e. The van der Waals surface area contributed by atoms with Gasteiger partial charge >= 0.3 is 0 Å². The predicted octanol–water partition coefficient (Wildman–Crippen LogP) is 3.01. The second kappa shape index (κ2) is 6.80. The van der Waals surface area contributed by atoms with Crippen molar-refractivity contribution in [2.45, 2.75) is 13.3 Å². The highest BCUT2D eigenvalue weighted by atomic mass is 19.1. The summed E-state index contributed by atoms with van der Waals surface area (Å²) in [5, 5.41) is 10.8. The minimum Gasteiger partial charge on any atom is -0.381 e. The third kappa shape index (κ3) is 4.58. The zero-order valence-corrected chi connectivity index (χ0v) is 9.86. The molecule has 6 heteroatoms. The first-order valence-corrected chi connectivity index (χ1v) is 5.41. The van der Waals surface area contributed by atoms with Gasteiger partial charge in [-0.1, -0.05) is 0 Å². The molecule has 1 aromatic rings. The number of rotatable bonds is 6. The lowest BCUT2D eigenvalue weighted by molar-refractivity contribution is -0.426. The number of hydrogen-bond donors (Lipinski definition) is 0. The van der Waals surface area contributed by atoms with E-state index >= 15 is 0 Å². The van der Waals surface area contributed by atoms with Crippen molar-refractivity contribution in [1.29, 1.82) is 0 Å². The van der Waals surface area contributed by atoms with Gasteiger partial charge in [-0.05, 0) is 24.6 Å². The summed E-state index contributed by atoms with van der Waals surface area (Å²) in [5.41, 5.74) is -0.0239. The van der Waals surface area contributed by atoms with Gasteiger partial charge in [-0.25, -0.2) is 8.78 Å². The van der Waals surface area contributed by atoms with E-state index in [1.807, 2.05) is 0 Å². The Morgan fingerprint density at radius 1 is 1.39 bits per heavy atom. The molecule has 0 saturated carbocycles. The van der Waals surface area contributed by atoms with Crippen LogP contribution < -0.4 is 0 Å². The zero-order valence-electron chi connectivity index (χ0n) is 9.86. The molecule has 0 saturated heterocycles. The van der Waals surface area contributed by atoms with Crippen molar-refractivity contribution >= 4 is 6.08 Å². The summed E-state index contributed by atoms with van der Waals surface area (Å²) in [7, 11) is 0. The van der Waals surface area contributed by atoms with Gasteiger partial charge in [0.25, 0.3) is 0 Å². The van der Waals surface area contributed by atoms with Gasteiger partial charge < -0.3 is 4.74 Å². The standard InChI is InChI=1S/C12H13F2NO3/c1-2-18-4-3-12(15(16)17)7-9-5-10(13)8-11(14)6-9/h5-8H,2-4H2,1H3/b12-7+. The van der Waals surface area contributed by atoms with Crippen LogP contribution >= 0.6 is 0 Å². The highest BCUT2D eigenvalue weighted by Crippen LogP contribution is 2.14. The second-order valence-electron chi connectivity index (χ2n) is 3.54. The molecule has 0 atom stereocenters. The molecule has 0 aliphatic rings. The maximum absolute atomic E-state index is 12.9. The lowest BCUT2D eigenvalue weighted by Gasteiger charge is -2.01. The first-order chi connectivity index (χ1) is 8.52. The Morgan fingerprint density at radius 2 is 2.00 bits per heavy atom. The Bertz CT molecular complexity index is 440. The molecule has 0 amide bonds. The number of nitrogens with zero attached hydrogens (tertiary/aromatic N) is 1. The van der Waals surface area contributed by atoms with Crippen molar-refractivity contribution in [3.8, 4) is 0 Å². The van der Waals surface area contributed by atoms with Gasteiger partial charge in [0.15, 0.2) is 0 Å². The van der Waals surface area contributed by atoms with Crippen LogP contribution in [0, 0.1) is 21.7 Å². The summed E-state index contributed by atoms with van der Waals surface area (Å²) in [5.74, 6) is -1.54. The molecule has 18 heavy (non-hydrogen) atoms. The molecule has 0 heterocycles. The Balaban J connectivity index is 2.89. The van der Waals surface area contributed by atoms with Gasteiger partial charge in [0.1, 0.15) is 11.6 Å². The smallest absolute Gasteiger partial charge is 0.249 e. The van der Waals surface area contributed by atoms with Crippen LogP contribution in [-0.4, -0.2) is 18.1 Å². The highest BCUT2D eigenvalue weighted by Gasteiger charge is 2.11. The predicted molar refractivity (Wildman–Crippen MR) is 62.4 cm³/mol. The SMILES string of the molecule is CCOCC/C(=C\c1cc(F)cc(F)c1)[N+](=O)[O-]. The summed E-state index contributed by atoms with van der Waals surface area (Å²) in [6.45, 7) is 2.43. The molecular formula is C12H13F2NO3. The van der Waals surface area contributed by atoms with Crippen LogP contribution in [0.25, 0.3) is 6.08 Å². The Kier molecular flexibility index (Phi) is 5.38. The van der Waals surface area contributed by atoms with Crippen LogP contribution in [0.1, 0.15) is 18.9 Å². The number of hydrogen-bond acceptors (Lipinski definition) is 3. The van der Waals surface area contributed by atoms with Crippen LogP contribution in [0.5, 0.6) is 0 Å². The van der Waals surface area contributed by atoms with E-state index in [2.05, 4.69) is 0 Å². The zero-order chi connectivity index (χ0) is 13.5. The molecule has 0 aromatic heterocycles. The molecule has 0 aliphatic heterocycles. The highest BCUT2D eigenvalue weighted by molar-refractivity contribution is 5.51. The first-order valence-electron chi connectivity index (χ1n) is 5.41. The maximum Gasteiger partial charge on any atom is 0.249 e. The van der Waals surface area contributed by atoms with Crippen molar-refractivity contribution < 1.29 is 18.4 Å². The number of benzene rings is 1. The Labute approximate surface area is 103 Å². The minimum absolute atomic E-state index is 0.0823. The molecule has 98 valence electrons. The van der Waals surface area contributed by atoms with Crippen LogP contribution in [0.4, 0.5) is 8.78 Å². The van der Waals surface area contributed by atoms with E-state index in [4.69, 9.17) is 4.74 Å². The van der Waals surface area contributed by atoms with E-state index in [1.165, 1.54) is 0 Å². The van der Waals surface area contributed by atoms with Crippen LogP contribution in [0.15, 0.2) is 23.9 Å². The first kappa shape index (κ1) is 14.2. The van der Waals surface area contributed by atoms with Crippen molar-refractivity contribution in [3.63, 3.8) is 0 Å². The van der Waals surface area contributed by atoms with Crippen LogP contribution in [0.2, 0.25) is 0 Å². The molecule has 1 aromatic carbocycles. The normalized spacial score (nSPS) is 11.6. The lowest BCUT2D eigenvalue weighted by Crippen LogP contribution is -2.03. The van der Waals surface area contributed by atoms with Gasteiger partial charge in [-0.2, -0.15) is 0 Å². The van der Waals surface area contributed by atoms with Gasteiger partial charge in [-0.3, -0.25) is 10.1 Å². The molecule has 0 N–H and O–H groups in total. The fourth-order valence-corrected chi connectivity index (χ4v) is 1.39. The number of ether oxygens (including phenoxy) is 1. The molecule has 4 nitrogen and oxygen atoms in total. The summed E-state index contributed by atoms with van der Waals surface area (Å²) in [6.07, 6.45) is 1.23. The summed E-state index contributed by atoms with van der Waals surface area (Å²) < 4.78 is 30.9. The van der Waals surface area contributed by atoms with E-state index in [0.29, 0.717) is 12.7 Å². The van der Waals surface area contributed by atoms with Gasteiger partial charge in [-0.15, -0.1) is 0 Å². The summed E-state index contributed by atoms with van der Waals surface area (Å²) >= 11 is 0. The fraction of sp³-hybridized carbons (Fsp3) is 0.333. The van der Waals surface area contributed by atoms with Crippen LogP contribution in [-0.2, 0) is 4.74 Å². The van der Waals surface area contributed by atoms with E-state index in [0.717, 1.165) is 18.2 Å². The fourth-order valence-electron chi connectivity index (χ4n) is 1.39. The van der Waals surface area contributed by atoms with Crippen molar-refractivity contribution in [3.05, 3.63) is 51.2 Å². The molecule has 0 bridgehead atoms. The average Bonchev–Trinajstić information content (AvgIpc) is 2.26. The molecule has 0 spiro atoms. The third-order valence-corrected chi connectivity index (χ3v) is 2.16. The summed E-state index contributed by atoms with van der Waals surface area (Å²) in [4.78, 5) is 10.2. The molecular weight excluding hydrogens is 244 g/mol. The monoisotopic (exact) mass is 257 g/mol. The van der Waals surface area contributed by atoms with E-state index < -0.39 is 16.6 Å². The Morgan fingerprint density at radius 3 is 2.50 bits per heavy atom. The topological polar surface area (TPSA) is 52.4 Å². The molecule has 1 rings (SSSR count). The third-order valence-electron chi connectivity index (χ3n) is 2.16. The summed E-state index contributed by atoms with van der Waals surface area (Å²) in [6, 6.07) is 2.78. The van der Waals surface area contributed by atoms with Crippen molar-refractivity contribution in [1.82, 2.24) is 0 Å².